The summed E-state index contributed by atoms with van der Waals surface area (Å²) in [4.78, 5) is 41.0. The topological polar surface area (TPSA) is 125 Å². The number of phenols is 1. The molecule has 2 aliphatic heterocycles. The molecule has 3 rings (SSSR count). The van der Waals surface area contributed by atoms with Gasteiger partial charge in [0.1, 0.15) is 17.8 Å². The lowest BCUT2D eigenvalue weighted by Gasteiger charge is -2.39. The molecule has 32 heavy (non-hydrogen) atoms. The van der Waals surface area contributed by atoms with Crippen LogP contribution < -0.4 is 16.4 Å². The van der Waals surface area contributed by atoms with E-state index in [1.165, 1.54) is 0 Å². The van der Waals surface area contributed by atoms with Gasteiger partial charge in [-0.2, -0.15) is 0 Å². The number of carbonyl (C=O) groups is 3. The van der Waals surface area contributed by atoms with Gasteiger partial charge in [0.25, 0.3) is 0 Å². The average molecular weight is 445 g/mol. The monoisotopic (exact) mass is 444 g/mol. The number of nitrogens with zero attached hydrogens (tertiary/aromatic N) is 1. The predicted molar refractivity (Wildman–Crippen MR) is 122 cm³/mol. The smallest absolute Gasteiger partial charge is 0.246 e. The largest absolute Gasteiger partial charge is 0.508 e. The Hall–Kier alpha value is -2.61. The fraction of sp³-hybridized carbons (Fsp3) is 0.625. The normalized spacial score (nSPS) is 25.1. The number of hydrogen-bond donors (Lipinski definition) is 4. The number of hydrogen-bond acceptors (Lipinski definition) is 5. The van der Waals surface area contributed by atoms with Crippen LogP contribution in [0.4, 0.5) is 0 Å². The second-order valence-corrected chi connectivity index (χ2v) is 9.32. The van der Waals surface area contributed by atoms with E-state index in [2.05, 4.69) is 10.6 Å². The zero-order valence-electron chi connectivity index (χ0n) is 19.0. The third-order valence-corrected chi connectivity index (χ3v) is 6.37. The summed E-state index contributed by atoms with van der Waals surface area (Å²) in [6, 6.07) is 4.78. The summed E-state index contributed by atoms with van der Waals surface area (Å²) >= 11 is 0. The summed E-state index contributed by atoms with van der Waals surface area (Å²) in [5.74, 6) is -0.649. The van der Waals surface area contributed by atoms with Gasteiger partial charge < -0.3 is 26.4 Å². The first-order valence-corrected chi connectivity index (χ1v) is 11.7. The van der Waals surface area contributed by atoms with Gasteiger partial charge >= 0.3 is 0 Å². The first-order chi connectivity index (χ1) is 15.3. The molecule has 8 nitrogen and oxygen atoms in total. The van der Waals surface area contributed by atoms with Crippen LogP contribution >= 0.6 is 0 Å². The molecule has 2 aliphatic rings. The van der Waals surface area contributed by atoms with Crippen LogP contribution in [-0.2, 0) is 14.4 Å². The molecule has 176 valence electrons. The predicted octanol–water partition coefficient (Wildman–Crippen LogP) is 1.83. The molecule has 0 spiro atoms. The van der Waals surface area contributed by atoms with Crippen molar-refractivity contribution in [1.82, 2.24) is 15.5 Å². The van der Waals surface area contributed by atoms with Crippen molar-refractivity contribution in [1.29, 1.82) is 0 Å². The molecule has 0 aliphatic carbocycles. The van der Waals surface area contributed by atoms with Crippen molar-refractivity contribution in [2.75, 3.05) is 13.1 Å². The van der Waals surface area contributed by atoms with Gasteiger partial charge in [0, 0.05) is 6.54 Å². The number of phenolic OH excluding ortho intramolecular Hbond substituents is 1. The SMILES string of the molecule is CC(C)C[C@@H]1NC(=O)[C@H]2C[C@@H](C(=O)NCCCCCCN)[C@@H](c3ccc(O)cc3)N2C1=O. The maximum absolute atomic E-state index is 13.4. The number of amides is 3. The number of piperazine rings is 1. The second kappa shape index (κ2) is 10.8. The highest BCUT2D eigenvalue weighted by Gasteiger charge is 2.54. The Balaban J connectivity index is 1.80. The highest BCUT2D eigenvalue weighted by Crippen LogP contribution is 2.43. The minimum absolute atomic E-state index is 0.113. The van der Waals surface area contributed by atoms with Crippen LogP contribution in [0.5, 0.6) is 5.75 Å². The van der Waals surface area contributed by atoms with Gasteiger partial charge in [0.15, 0.2) is 0 Å². The molecule has 3 amide bonds. The van der Waals surface area contributed by atoms with E-state index in [0.717, 1.165) is 31.2 Å². The standard InChI is InChI=1S/C24H36N4O4/c1-15(2)13-19-24(32)28-20(23(31)27-19)14-18(21(28)16-7-9-17(29)10-8-16)22(30)26-12-6-4-3-5-11-25/h7-10,15,18-21,29H,3-6,11-14,25H2,1-2H3,(H,26,30)(H,27,31)/t18-,19+,20-,21-/m1/s1. The third-order valence-electron chi connectivity index (χ3n) is 6.37. The summed E-state index contributed by atoms with van der Waals surface area (Å²) in [5, 5.41) is 15.6. The van der Waals surface area contributed by atoms with Gasteiger partial charge in [-0.25, -0.2) is 0 Å². The lowest BCUT2D eigenvalue weighted by Crippen LogP contribution is -2.61. The number of rotatable bonds is 10. The van der Waals surface area contributed by atoms with Gasteiger partial charge in [-0.3, -0.25) is 14.4 Å². The Morgan fingerprint density at radius 1 is 1.19 bits per heavy atom. The molecule has 5 N–H and O–H groups in total. The summed E-state index contributed by atoms with van der Waals surface area (Å²) in [6.07, 6.45) is 4.71. The van der Waals surface area contributed by atoms with Gasteiger partial charge in [-0.05, 0) is 55.8 Å². The molecule has 2 heterocycles. The quantitative estimate of drug-likeness (QED) is 0.410. The van der Waals surface area contributed by atoms with E-state index in [1.807, 2.05) is 13.8 Å². The van der Waals surface area contributed by atoms with Crippen molar-refractivity contribution in [3.63, 3.8) is 0 Å². The van der Waals surface area contributed by atoms with E-state index in [1.54, 1.807) is 29.2 Å². The van der Waals surface area contributed by atoms with Crippen LogP contribution in [0.25, 0.3) is 0 Å². The molecule has 1 aromatic carbocycles. The van der Waals surface area contributed by atoms with Crippen molar-refractivity contribution in [3.05, 3.63) is 29.8 Å². The van der Waals surface area contributed by atoms with E-state index in [0.29, 0.717) is 19.5 Å². The number of benzene rings is 1. The van der Waals surface area contributed by atoms with Crippen LogP contribution in [0.1, 0.15) is 64.0 Å². The maximum Gasteiger partial charge on any atom is 0.246 e. The minimum Gasteiger partial charge on any atom is -0.508 e. The summed E-state index contributed by atoms with van der Waals surface area (Å²) in [7, 11) is 0. The summed E-state index contributed by atoms with van der Waals surface area (Å²) in [5.41, 5.74) is 6.27. The van der Waals surface area contributed by atoms with Gasteiger partial charge in [0.2, 0.25) is 17.7 Å². The number of aromatic hydroxyl groups is 1. The van der Waals surface area contributed by atoms with Gasteiger partial charge in [0.05, 0.1) is 12.0 Å². The van der Waals surface area contributed by atoms with Crippen molar-refractivity contribution in [2.24, 2.45) is 17.6 Å². The minimum atomic E-state index is -0.662. The van der Waals surface area contributed by atoms with E-state index >= 15 is 0 Å². The lowest BCUT2D eigenvalue weighted by molar-refractivity contribution is -0.150. The molecule has 0 aromatic heterocycles. The van der Waals surface area contributed by atoms with Crippen molar-refractivity contribution >= 4 is 17.7 Å². The molecular weight excluding hydrogens is 408 g/mol. The molecule has 2 saturated heterocycles. The number of nitrogens with two attached hydrogens (primary N) is 1. The summed E-state index contributed by atoms with van der Waals surface area (Å²) < 4.78 is 0. The maximum atomic E-state index is 13.4. The van der Waals surface area contributed by atoms with Crippen molar-refractivity contribution in [2.45, 2.75) is 70.5 Å². The van der Waals surface area contributed by atoms with Crippen molar-refractivity contribution < 1.29 is 19.5 Å². The first kappa shape index (κ1) is 24.0. The third kappa shape index (κ3) is 5.41. The first-order valence-electron chi connectivity index (χ1n) is 11.7. The molecule has 4 atom stereocenters. The molecule has 0 unspecified atom stereocenters. The van der Waals surface area contributed by atoms with E-state index < -0.39 is 24.0 Å². The molecule has 2 fully saturated rings. The number of fused-ring (bicyclic) bond motifs is 1. The number of carbonyl (C=O) groups excluding carboxylic acids is 3. The second-order valence-electron chi connectivity index (χ2n) is 9.32. The number of nitrogens with one attached hydrogen (secondary N) is 2. The Morgan fingerprint density at radius 3 is 2.53 bits per heavy atom. The zero-order valence-corrected chi connectivity index (χ0v) is 19.0. The molecule has 8 heteroatoms. The molecule has 0 saturated carbocycles. The van der Waals surface area contributed by atoms with Gasteiger partial charge in [-0.1, -0.05) is 38.8 Å². The van der Waals surface area contributed by atoms with E-state index in [9.17, 15) is 19.5 Å². The van der Waals surface area contributed by atoms with Crippen molar-refractivity contribution in [3.8, 4) is 5.75 Å². The molecule has 0 radical (unpaired) electrons. The molecule has 1 aromatic rings. The van der Waals surface area contributed by atoms with Crippen LogP contribution in [0, 0.1) is 11.8 Å². The van der Waals surface area contributed by atoms with E-state index in [4.69, 9.17) is 5.73 Å². The number of unbranched alkanes of at least 4 members (excludes halogenated alkanes) is 3. The highest BCUT2D eigenvalue weighted by molar-refractivity contribution is 5.99. The van der Waals surface area contributed by atoms with Gasteiger partial charge in [-0.15, -0.1) is 0 Å². The fourth-order valence-electron chi connectivity index (χ4n) is 4.82. The Kier molecular flexibility index (Phi) is 8.12. The van der Waals surface area contributed by atoms with Crippen LogP contribution in [0.2, 0.25) is 0 Å². The Bertz CT molecular complexity index is 811. The average Bonchev–Trinajstić information content (AvgIpc) is 3.16. The fourth-order valence-corrected chi connectivity index (χ4v) is 4.82. The van der Waals surface area contributed by atoms with E-state index in [-0.39, 0.29) is 35.8 Å². The highest BCUT2D eigenvalue weighted by atomic mass is 16.3. The van der Waals surface area contributed by atoms with Crippen LogP contribution in [0.15, 0.2) is 24.3 Å². The van der Waals surface area contributed by atoms with Crippen LogP contribution in [-0.4, -0.2) is 52.9 Å². The summed E-state index contributed by atoms with van der Waals surface area (Å²) in [6.45, 7) is 5.25. The molecular formula is C24H36N4O4. The van der Waals surface area contributed by atoms with Crippen LogP contribution in [0.3, 0.4) is 0 Å². The Morgan fingerprint density at radius 2 is 1.88 bits per heavy atom. The Labute approximate surface area is 189 Å². The zero-order chi connectivity index (χ0) is 23.3. The molecule has 0 bridgehead atoms. The lowest BCUT2D eigenvalue weighted by atomic mass is 9.92.